The number of nitrogens with zero attached hydrogens (tertiary/aromatic N) is 1. The van der Waals surface area contributed by atoms with Gasteiger partial charge >= 0.3 is 0 Å². The maximum atomic E-state index is 3.64. The van der Waals surface area contributed by atoms with E-state index in [4.69, 9.17) is 0 Å². The van der Waals surface area contributed by atoms with Gasteiger partial charge in [0.2, 0.25) is 0 Å². The third-order valence-corrected chi connectivity index (χ3v) is 8.76. The van der Waals surface area contributed by atoms with Crippen LogP contribution >= 0.6 is 0 Å². The van der Waals surface area contributed by atoms with Crippen LogP contribution in [-0.4, -0.2) is 9.55 Å². The average molecular weight is 511 g/mol. The van der Waals surface area contributed by atoms with Crippen molar-refractivity contribution in [3.8, 4) is 0 Å². The van der Waals surface area contributed by atoms with Crippen molar-refractivity contribution in [2.75, 3.05) is 0 Å². The van der Waals surface area contributed by atoms with Crippen LogP contribution in [0.5, 0.6) is 0 Å². The van der Waals surface area contributed by atoms with Crippen molar-refractivity contribution in [1.29, 1.82) is 0 Å². The first-order valence-electron chi connectivity index (χ1n) is 14.0. The molecular weight excluding hydrogens is 484 g/mol. The highest BCUT2D eigenvalue weighted by molar-refractivity contribution is 6.21. The standard InChI is InChI=1S/C38H26N2/c1-23-10-16-34-33(18-23)37-31-19-24(11-12-26(31)14-17-35(37)39-34)22-40-36-21-28-8-3-2-7-27(28)20-32(36)30-15-13-25-6-4-5-9-29(25)38(30)40/h2-21,39H,22H2,1H3. The second-order valence-electron chi connectivity index (χ2n) is 11.2. The van der Waals surface area contributed by atoms with Gasteiger partial charge in [0, 0.05) is 44.5 Å². The van der Waals surface area contributed by atoms with Crippen molar-refractivity contribution >= 4 is 75.9 Å². The number of aromatic nitrogens is 2. The van der Waals surface area contributed by atoms with Crippen LogP contribution in [0.3, 0.4) is 0 Å². The second kappa shape index (κ2) is 7.97. The van der Waals surface area contributed by atoms with Crippen LogP contribution in [0, 0.1) is 6.92 Å². The van der Waals surface area contributed by atoms with E-state index in [9.17, 15) is 0 Å². The molecule has 0 bridgehead atoms. The van der Waals surface area contributed by atoms with Crippen LogP contribution in [-0.2, 0) is 6.54 Å². The Morgan fingerprint density at radius 1 is 0.525 bits per heavy atom. The SMILES string of the molecule is Cc1ccc2[nH]c3ccc4ccc(Cn5c6cc7ccccc7cc6c6ccc7ccccc7c65)cc4c3c2c1. The van der Waals surface area contributed by atoms with Crippen LogP contribution in [0.1, 0.15) is 11.1 Å². The van der Waals surface area contributed by atoms with Crippen LogP contribution in [0.25, 0.3) is 75.9 Å². The molecule has 2 nitrogen and oxygen atoms in total. The van der Waals surface area contributed by atoms with Gasteiger partial charge in [-0.25, -0.2) is 0 Å². The zero-order chi connectivity index (χ0) is 26.4. The average Bonchev–Trinajstić information content (AvgIpc) is 3.51. The summed E-state index contributed by atoms with van der Waals surface area (Å²) in [4.78, 5) is 3.64. The fourth-order valence-corrected chi connectivity index (χ4v) is 6.88. The van der Waals surface area contributed by atoms with Gasteiger partial charge in [0.1, 0.15) is 0 Å². The summed E-state index contributed by atoms with van der Waals surface area (Å²) in [5.74, 6) is 0. The molecule has 9 aromatic rings. The lowest BCUT2D eigenvalue weighted by Gasteiger charge is -2.12. The van der Waals surface area contributed by atoms with Crippen molar-refractivity contribution in [2.45, 2.75) is 13.5 Å². The molecule has 0 fully saturated rings. The lowest BCUT2D eigenvalue weighted by atomic mass is 10.0. The zero-order valence-corrected chi connectivity index (χ0v) is 22.2. The quantitative estimate of drug-likeness (QED) is 0.239. The van der Waals surface area contributed by atoms with Gasteiger partial charge in [-0.3, -0.25) is 0 Å². The molecule has 0 saturated carbocycles. The summed E-state index contributed by atoms with van der Waals surface area (Å²) in [6.07, 6.45) is 0. The Morgan fingerprint density at radius 2 is 1.25 bits per heavy atom. The molecule has 2 heterocycles. The molecular formula is C38H26N2. The topological polar surface area (TPSA) is 20.7 Å². The van der Waals surface area contributed by atoms with Gasteiger partial charge in [0.25, 0.3) is 0 Å². The number of H-pyrrole nitrogens is 1. The Kier molecular flexibility index (Phi) is 4.34. The van der Waals surface area contributed by atoms with Gasteiger partial charge in [-0.05, 0) is 75.8 Å². The summed E-state index contributed by atoms with van der Waals surface area (Å²) >= 11 is 0. The number of aryl methyl sites for hydroxylation is 1. The Balaban J connectivity index is 1.35. The summed E-state index contributed by atoms with van der Waals surface area (Å²) in [6, 6.07) is 45.0. The molecule has 1 N–H and O–H groups in total. The molecule has 0 unspecified atom stereocenters. The number of aromatic amines is 1. The van der Waals surface area contributed by atoms with E-state index in [1.807, 2.05) is 0 Å². The third-order valence-electron chi connectivity index (χ3n) is 8.76. The molecule has 0 spiro atoms. The van der Waals surface area contributed by atoms with Gasteiger partial charge in [-0.1, -0.05) is 90.5 Å². The van der Waals surface area contributed by atoms with E-state index < -0.39 is 0 Å². The van der Waals surface area contributed by atoms with E-state index >= 15 is 0 Å². The monoisotopic (exact) mass is 510 g/mol. The van der Waals surface area contributed by atoms with Crippen molar-refractivity contribution in [2.24, 2.45) is 0 Å². The number of hydrogen-bond acceptors (Lipinski definition) is 0. The Hall–Kier alpha value is -5.08. The van der Waals surface area contributed by atoms with Crippen LogP contribution in [0.2, 0.25) is 0 Å². The lowest BCUT2D eigenvalue weighted by molar-refractivity contribution is 0.874. The zero-order valence-electron chi connectivity index (χ0n) is 22.2. The number of benzene rings is 7. The summed E-state index contributed by atoms with van der Waals surface area (Å²) in [5.41, 5.74) is 7.57. The van der Waals surface area contributed by atoms with Crippen LogP contribution in [0.15, 0.2) is 121 Å². The minimum atomic E-state index is 0.806. The number of fused-ring (bicyclic) bond motifs is 11. The van der Waals surface area contributed by atoms with Crippen molar-refractivity contribution < 1.29 is 0 Å². The first-order chi connectivity index (χ1) is 19.7. The highest BCUT2D eigenvalue weighted by atomic mass is 15.0. The maximum Gasteiger partial charge on any atom is 0.0574 e. The normalized spacial score (nSPS) is 12.2. The second-order valence-corrected chi connectivity index (χ2v) is 11.2. The van der Waals surface area contributed by atoms with Gasteiger partial charge < -0.3 is 9.55 Å². The summed E-state index contributed by atoms with van der Waals surface area (Å²) < 4.78 is 2.54. The summed E-state index contributed by atoms with van der Waals surface area (Å²) in [6.45, 7) is 2.98. The molecule has 40 heavy (non-hydrogen) atoms. The third kappa shape index (κ3) is 3.05. The van der Waals surface area contributed by atoms with Crippen molar-refractivity contribution in [1.82, 2.24) is 9.55 Å². The highest BCUT2D eigenvalue weighted by Crippen LogP contribution is 2.38. The molecule has 0 saturated heterocycles. The van der Waals surface area contributed by atoms with Crippen molar-refractivity contribution in [3.63, 3.8) is 0 Å². The predicted octanol–water partition coefficient (Wildman–Crippen LogP) is 10.2. The number of rotatable bonds is 2. The Labute approximate surface area is 231 Å². The highest BCUT2D eigenvalue weighted by Gasteiger charge is 2.16. The van der Waals surface area contributed by atoms with Crippen LogP contribution < -0.4 is 0 Å². The van der Waals surface area contributed by atoms with Gasteiger partial charge in [-0.15, -0.1) is 0 Å². The molecule has 188 valence electrons. The molecule has 7 aromatic carbocycles. The fourth-order valence-electron chi connectivity index (χ4n) is 6.88. The van der Waals surface area contributed by atoms with Crippen molar-refractivity contribution in [3.05, 3.63) is 132 Å². The summed E-state index contributed by atoms with van der Waals surface area (Å²) in [5, 5.41) is 13.0. The Bertz CT molecular complexity index is 2470. The molecule has 9 rings (SSSR count). The van der Waals surface area contributed by atoms with Gasteiger partial charge in [0.05, 0.1) is 11.0 Å². The molecule has 0 aliphatic heterocycles. The van der Waals surface area contributed by atoms with E-state index in [-0.39, 0.29) is 0 Å². The van der Waals surface area contributed by atoms with E-state index in [1.54, 1.807) is 0 Å². The smallest absolute Gasteiger partial charge is 0.0574 e. The van der Waals surface area contributed by atoms with Crippen LogP contribution in [0.4, 0.5) is 0 Å². The van der Waals surface area contributed by atoms with Gasteiger partial charge in [-0.2, -0.15) is 0 Å². The van der Waals surface area contributed by atoms with E-state index in [2.05, 4.69) is 138 Å². The largest absolute Gasteiger partial charge is 0.354 e. The van der Waals surface area contributed by atoms with Gasteiger partial charge in [0.15, 0.2) is 0 Å². The fraction of sp³-hybridized carbons (Fsp3) is 0.0526. The number of hydrogen-bond donors (Lipinski definition) is 1. The van der Waals surface area contributed by atoms with E-state index in [0.717, 1.165) is 6.54 Å². The molecule has 0 aliphatic carbocycles. The molecule has 0 aliphatic rings. The molecule has 2 aromatic heterocycles. The summed E-state index contributed by atoms with van der Waals surface area (Å²) in [7, 11) is 0. The molecule has 0 amide bonds. The van der Waals surface area contributed by atoms with E-state index in [1.165, 1.54) is 87.1 Å². The predicted molar refractivity (Wildman–Crippen MR) is 172 cm³/mol. The molecule has 0 radical (unpaired) electrons. The first kappa shape index (κ1) is 21.8. The Morgan fingerprint density at radius 3 is 2.15 bits per heavy atom. The maximum absolute atomic E-state index is 3.64. The van der Waals surface area contributed by atoms with E-state index in [0.29, 0.717) is 0 Å². The minimum Gasteiger partial charge on any atom is -0.354 e. The first-order valence-corrected chi connectivity index (χ1v) is 14.0. The molecule has 2 heteroatoms. The number of nitrogens with one attached hydrogen (secondary N) is 1. The molecule has 0 atom stereocenters. The minimum absolute atomic E-state index is 0.806. The lowest BCUT2D eigenvalue weighted by Crippen LogP contribution is -2.00.